The number of hydrogen-bond donors (Lipinski definition) is 0. The molecule has 2 heterocycles. The van der Waals surface area contributed by atoms with Crippen LogP contribution in [0.15, 0.2) is 82.7 Å². The summed E-state index contributed by atoms with van der Waals surface area (Å²) < 4.78 is 41.5. The highest BCUT2D eigenvalue weighted by atomic mass is 32.2. The second-order valence-electron chi connectivity index (χ2n) is 11.3. The fourth-order valence-corrected chi connectivity index (χ4v) is 6.52. The molecule has 246 valence electrons. The first-order valence-electron chi connectivity index (χ1n) is 15.1. The van der Waals surface area contributed by atoms with Crippen LogP contribution in [0.4, 0.5) is 18.9 Å². The van der Waals surface area contributed by atoms with Crippen molar-refractivity contribution in [3.05, 3.63) is 104 Å². The van der Waals surface area contributed by atoms with Gasteiger partial charge in [0.15, 0.2) is 5.16 Å². The van der Waals surface area contributed by atoms with Gasteiger partial charge in [-0.15, -0.1) is 0 Å². The molecule has 1 fully saturated rings. The highest BCUT2D eigenvalue weighted by molar-refractivity contribution is 7.99. The highest BCUT2D eigenvalue weighted by Crippen LogP contribution is 2.31. The van der Waals surface area contributed by atoms with Crippen LogP contribution in [0.1, 0.15) is 48.5 Å². The summed E-state index contributed by atoms with van der Waals surface area (Å²) in [6, 6.07) is 16.6. The van der Waals surface area contributed by atoms with Gasteiger partial charge in [0.2, 0.25) is 5.91 Å². The summed E-state index contributed by atoms with van der Waals surface area (Å²) in [5.74, 6) is 0.288. The Morgan fingerprint density at radius 1 is 1.00 bits per heavy atom. The molecule has 0 aliphatic carbocycles. The van der Waals surface area contributed by atoms with Crippen molar-refractivity contribution < 1.29 is 27.7 Å². The van der Waals surface area contributed by atoms with Crippen molar-refractivity contribution in [2.75, 3.05) is 25.4 Å². The molecular formula is C33H32F3N5O5S. The van der Waals surface area contributed by atoms with E-state index in [1.165, 1.54) is 52.7 Å². The molecular weight excluding hydrogens is 635 g/mol. The van der Waals surface area contributed by atoms with E-state index in [1.54, 1.807) is 34.1 Å². The molecule has 1 unspecified atom stereocenters. The average molecular weight is 668 g/mol. The van der Waals surface area contributed by atoms with E-state index in [1.807, 2.05) is 6.92 Å². The number of thioether (sulfide) groups is 1. The molecule has 0 N–H and O–H groups in total. The zero-order valence-corrected chi connectivity index (χ0v) is 26.3. The van der Waals surface area contributed by atoms with Crippen molar-refractivity contribution in [3.63, 3.8) is 0 Å². The lowest BCUT2D eigenvalue weighted by Crippen LogP contribution is -2.55. The van der Waals surface area contributed by atoms with Crippen molar-refractivity contribution in [1.82, 2.24) is 19.4 Å². The molecule has 10 nitrogen and oxygen atoms in total. The molecule has 0 radical (unpaired) electrons. The summed E-state index contributed by atoms with van der Waals surface area (Å²) in [6.07, 6.45) is -2.20. The fourth-order valence-electron chi connectivity index (χ4n) is 5.51. The number of nitro groups is 1. The van der Waals surface area contributed by atoms with Gasteiger partial charge in [-0.1, -0.05) is 36.4 Å². The normalized spacial score (nSPS) is 15.2. The van der Waals surface area contributed by atoms with Gasteiger partial charge in [-0.3, -0.25) is 29.1 Å². The zero-order valence-electron chi connectivity index (χ0n) is 25.5. The molecule has 2 amide bonds. The number of benzene rings is 3. The van der Waals surface area contributed by atoms with E-state index < -0.39 is 22.2 Å². The molecule has 5 rings (SSSR count). The number of nitro benzene ring substituents is 1. The van der Waals surface area contributed by atoms with Crippen molar-refractivity contribution in [3.8, 4) is 5.69 Å². The molecule has 47 heavy (non-hydrogen) atoms. The van der Waals surface area contributed by atoms with Crippen LogP contribution in [0, 0.1) is 10.1 Å². The third-order valence-corrected chi connectivity index (χ3v) is 9.03. The van der Waals surface area contributed by atoms with Crippen LogP contribution >= 0.6 is 11.8 Å². The third-order valence-electron chi connectivity index (χ3n) is 8.01. The van der Waals surface area contributed by atoms with Gasteiger partial charge in [0.1, 0.15) is 0 Å². The predicted octanol–water partition coefficient (Wildman–Crippen LogP) is 6.34. The number of amides is 2. The molecule has 0 spiro atoms. The molecule has 4 aromatic rings. The minimum atomic E-state index is -4.56. The summed E-state index contributed by atoms with van der Waals surface area (Å²) in [7, 11) is 0. The lowest BCUT2D eigenvalue weighted by Gasteiger charge is -2.40. The molecule has 1 aliphatic heterocycles. The van der Waals surface area contributed by atoms with Crippen molar-refractivity contribution in [2.45, 2.75) is 50.0 Å². The Balaban J connectivity index is 1.14. The van der Waals surface area contributed by atoms with Crippen LogP contribution in [0.5, 0.6) is 0 Å². The second-order valence-corrected chi connectivity index (χ2v) is 12.3. The minimum absolute atomic E-state index is 0.0125. The number of non-ortho nitro benzene ring substituents is 1. The van der Waals surface area contributed by atoms with E-state index in [-0.39, 0.29) is 29.2 Å². The Morgan fingerprint density at radius 3 is 2.45 bits per heavy atom. The summed E-state index contributed by atoms with van der Waals surface area (Å²) in [5, 5.41) is 11.5. The average Bonchev–Trinajstić information content (AvgIpc) is 3.05. The molecule has 14 heteroatoms. The standard InChI is InChI=1S/C33H32F3N5O5S/c1-22-21-38(17-18-39(22)30(43)23-13-15-25(16-14-23)41(45)46)29(42)12-3-2-6-19-47-32-37-28-11-5-4-10-27(28)31(44)40(32)26-9-7-8-24(20-26)33(34,35)36/h4-5,7-11,13-16,20,22H,2-3,6,12,17-19,21H2,1H3. The van der Waals surface area contributed by atoms with Gasteiger partial charge < -0.3 is 9.80 Å². The van der Waals surface area contributed by atoms with Crippen molar-refractivity contribution in [1.29, 1.82) is 0 Å². The maximum Gasteiger partial charge on any atom is 0.416 e. The fraction of sp³-hybridized carbons (Fsp3) is 0.333. The van der Waals surface area contributed by atoms with Crippen LogP contribution in [0.2, 0.25) is 0 Å². The number of unbranched alkanes of at least 4 members (excludes halogenated alkanes) is 2. The quantitative estimate of drug-likeness (QED) is 0.0637. The number of rotatable bonds is 10. The number of halogens is 3. The largest absolute Gasteiger partial charge is 0.416 e. The second kappa shape index (κ2) is 14.4. The van der Waals surface area contributed by atoms with Crippen molar-refractivity contribution >= 4 is 40.2 Å². The summed E-state index contributed by atoms with van der Waals surface area (Å²) in [6.45, 7) is 2.98. The van der Waals surface area contributed by atoms with E-state index in [4.69, 9.17) is 0 Å². The summed E-state index contributed by atoms with van der Waals surface area (Å²) >= 11 is 1.28. The van der Waals surface area contributed by atoms with E-state index in [9.17, 15) is 37.7 Å². The molecule has 1 aromatic heterocycles. The molecule has 1 atom stereocenters. The molecule has 1 saturated heterocycles. The van der Waals surface area contributed by atoms with E-state index >= 15 is 0 Å². The summed E-state index contributed by atoms with van der Waals surface area (Å²) in [5.41, 5.74) is -0.512. The Hall–Kier alpha value is -4.72. The SMILES string of the molecule is CC1CN(C(=O)CCCCCSc2nc3ccccc3c(=O)n2-c2cccc(C(F)(F)F)c2)CCN1C(=O)c1ccc([N+](=O)[O-])cc1. The molecule has 0 bridgehead atoms. The number of piperazine rings is 1. The van der Waals surface area contributed by atoms with E-state index in [0.29, 0.717) is 72.7 Å². The van der Waals surface area contributed by atoms with Crippen LogP contribution in [0.3, 0.4) is 0 Å². The molecule has 1 aliphatic rings. The van der Waals surface area contributed by atoms with Gasteiger partial charge in [-0.25, -0.2) is 4.98 Å². The lowest BCUT2D eigenvalue weighted by molar-refractivity contribution is -0.384. The van der Waals surface area contributed by atoms with Crippen LogP contribution in [-0.2, 0) is 11.0 Å². The number of nitrogens with zero attached hydrogens (tertiary/aromatic N) is 5. The van der Waals surface area contributed by atoms with Gasteiger partial charge in [0, 0.05) is 55.5 Å². The van der Waals surface area contributed by atoms with Gasteiger partial charge in [-0.2, -0.15) is 13.2 Å². The maximum atomic E-state index is 13.4. The number of aromatic nitrogens is 2. The topological polar surface area (TPSA) is 119 Å². The van der Waals surface area contributed by atoms with Crippen molar-refractivity contribution in [2.24, 2.45) is 0 Å². The van der Waals surface area contributed by atoms with Gasteiger partial charge in [0.05, 0.1) is 27.1 Å². The number of alkyl halides is 3. The lowest BCUT2D eigenvalue weighted by atomic mass is 10.1. The number of hydrogen-bond acceptors (Lipinski definition) is 7. The zero-order chi connectivity index (χ0) is 33.7. The monoisotopic (exact) mass is 667 g/mol. The first-order chi connectivity index (χ1) is 22.4. The number of fused-ring (bicyclic) bond motifs is 1. The Bertz CT molecular complexity index is 1850. The minimum Gasteiger partial charge on any atom is -0.339 e. The van der Waals surface area contributed by atoms with Crippen LogP contribution in [-0.4, -0.2) is 67.5 Å². The third kappa shape index (κ3) is 7.81. The first kappa shape index (κ1) is 33.6. The van der Waals surface area contributed by atoms with Gasteiger partial charge >= 0.3 is 6.18 Å². The number of para-hydroxylation sites is 1. The highest BCUT2D eigenvalue weighted by Gasteiger charge is 2.32. The first-order valence-corrected chi connectivity index (χ1v) is 16.1. The maximum absolute atomic E-state index is 13.4. The summed E-state index contributed by atoms with van der Waals surface area (Å²) in [4.78, 5) is 57.7. The van der Waals surface area contributed by atoms with Crippen LogP contribution in [0.25, 0.3) is 16.6 Å². The molecule has 0 saturated carbocycles. The van der Waals surface area contributed by atoms with Gasteiger partial charge in [0.25, 0.3) is 17.2 Å². The van der Waals surface area contributed by atoms with Gasteiger partial charge in [-0.05, 0) is 62.2 Å². The number of carbonyl (C=O) groups is 2. The number of carbonyl (C=O) groups excluding carboxylic acids is 2. The van der Waals surface area contributed by atoms with Crippen LogP contribution < -0.4 is 5.56 Å². The Kier molecular flexibility index (Phi) is 10.3. The smallest absolute Gasteiger partial charge is 0.339 e. The Labute approximate surface area is 272 Å². The van der Waals surface area contributed by atoms with E-state index in [0.717, 1.165) is 12.1 Å². The predicted molar refractivity (Wildman–Crippen MR) is 172 cm³/mol. The molecule has 3 aromatic carbocycles. The van der Waals surface area contributed by atoms with E-state index in [2.05, 4.69) is 4.98 Å². The Morgan fingerprint density at radius 2 is 1.74 bits per heavy atom.